The first-order valence-electron chi connectivity index (χ1n) is 11.5. The summed E-state index contributed by atoms with van der Waals surface area (Å²) in [5.74, 6) is 3.53. The number of rotatable bonds is 7. The highest BCUT2D eigenvalue weighted by atomic mass is 35.5. The molecule has 1 saturated heterocycles. The van der Waals surface area contributed by atoms with Crippen LogP contribution in [0.5, 0.6) is 11.5 Å². The lowest BCUT2D eigenvalue weighted by molar-refractivity contribution is 0.355. The molecule has 9 nitrogen and oxygen atoms in total. The Kier molecular flexibility index (Phi) is 6.27. The van der Waals surface area contributed by atoms with E-state index < -0.39 is 10.0 Å². The van der Waals surface area contributed by atoms with Crippen molar-refractivity contribution in [3.05, 3.63) is 41.2 Å². The van der Waals surface area contributed by atoms with Crippen LogP contribution in [0.1, 0.15) is 24.6 Å². The zero-order valence-electron chi connectivity index (χ0n) is 19.9. The number of aromatic nitrogens is 2. The summed E-state index contributed by atoms with van der Waals surface area (Å²) in [6.45, 7) is 3.00. The zero-order valence-corrected chi connectivity index (χ0v) is 21.5. The van der Waals surface area contributed by atoms with Crippen LogP contribution in [-0.4, -0.2) is 65.0 Å². The van der Waals surface area contributed by atoms with Crippen LogP contribution in [0.2, 0.25) is 5.02 Å². The molecule has 2 aliphatic rings. The molecule has 3 aromatic rings. The molecular weight excluding hydrogens is 490 g/mol. The first-order chi connectivity index (χ1) is 16.8. The number of hydrogen-bond acceptors (Lipinski definition) is 8. The van der Waals surface area contributed by atoms with Gasteiger partial charge in [0.15, 0.2) is 11.5 Å². The van der Waals surface area contributed by atoms with Gasteiger partial charge in [0.1, 0.15) is 11.6 Å². The normalized spacial score (nSPS) is 16.5. The fourth-order valence-electron chi connectivity index (χ4n) is 4.42. The van der Waals surface area contributed by atoms with Gasteiger partial charge in [-0.15, -0.1) is 0 Å². The predicted molar refractivity (Wildman–Crippen MR) is 139 cm³/mol. The van der Waals surface area contributed by atoms with Gasteiger partial charge in [-0.05, 0) is 37.1 Å². The van der Waals surface area contributed by atoms with Crippen LogP contribution in [0, 0.1) is 0 Å². The van der Waals surface area contributed by atoms with Crippen molar-refractivity contribution >= 4 is 49.7 Å². The van der Waals surface area contributed by atoms with Crippen LogP contribution >= 0.6 is 11.6 Å². The largest absolute Gasteiger partial charge is 0.493 e. The number of nitrogens with zero attached hydrogens (tertiary/aromatic N) is 4. The Balaban J connectivity index is 1.41. The van der Waals surface area contributed by atoms with E-state index in [4.69, 9.17) is 31.0 Å². The van der Waals surface area contributed by atoms with Gasteiger partial charge in [0.25, 0.3) is 0 Å². The summed E-state index contributed by atoms with van der Waals surface area (Å²) in [5.41, 5.74) is 2.18. The molecule has 0 bridgehead atoms. The molecule has 186 valence electrons. The minimum atomic E-state index is -3.36. The molecule has 0 amide bonds. The fraction of sp³-hybridized carbons (Fsp3) is 0.417. The summed E-state index contributed by atoms with van der Waals surface area (Å²) in [4.78, 5) is 14.3. The van der Waals surface area contributed by atoms with Crippen LogP contribution in [0.4, 0.5) is 17.2 Å². The lowest BCUT2D eigenvalue weighted by atomic mass is 10.1. The maximum atomic E-state index is 11.5. The minimum Gasteiger partial charge on any atom is -0.493 e. The molecule has 0 unspecified atom stereocenters. The summed E-state index contributed by atoms with van der Waals surface area (Å²) in [7, 11) is -0.107. The van der Waals surface area contributed by atoms with Gasteiger partial charge in [-0.2, -0.15) is 0 Å². The zero-order chi connectivity index (χ0) is 24.7. The standard InChI is InChI=1S/C24H28ClN5O4S/c1-33-21-13-17-19(14-22(21)34-2)26-23(15-4-5-15)27-24(17)30-10-8-29(9-11-30)20-7-6-16(12-18(20)25)28-35(3,31)32/h6-7,12-15,28H,4-5,8-11H2,1-3H3. The summed E-state index contributed by atoms with van der Waals surface area (Å²) in [6, 6.07) is 9.11. The van der Waals surface area contributed by atoms with Crippen LogP contribution in [0.3, 0.4) is 0 Å². The molecule has 11 heteroatoms. The Bertz CT molecular complexity index is 1370. The Labute approximate surface area is 210 Å². The molecule has 2 aromatic carbocycles. The molecule has 2 fully saturated rings. The molecule has 35 heavy (non-hydrogen) atoms. The van der Waals surface area contributed by atoms with E-state index in [0.29, 0.717) is 28.1 Å². The number of nitrogens with one attached hydrogen (secondary N) is 1. The number of methoxy groups -OCH3 is 2. The maximum Gasteiger partial charge on any atom is 0.229 e. The van der Waals surface area contributed by atoms with E-state index in [1.54, 1.807) is 26.4 Å². The molecule has 0 spiro atoms. The van der Waals surface area contributed by atoms with Crippen molar-refractivity contribution in [3.8, 4) is 11.5 Å². The summed E-state index contributed by atoms with van der Waals surface area (Å²) >= 11 is 6.51. The summed E-state index contributed by atoms with van der Waals surface area (Å²) in [5, 5.41) is 1.45. The molecular formula is C24H28ClN5O4S. The molecule has 5 rings (SSSR count). The highest BCUT2D eigenvalue weighted by molar-refractivity contribution is 7.92. The Morgan fingerprint density at radius 3 is 2.23 bits per heavy atom. The van der Waals surface area contributed by atoms with Crippen LogP contribution < -0.4 is 24.0 Å². The van der Waals surface area contributed by atoms with Gasteiger partial charge < -0.3 is 19.3 Å². The van der Waals surface area contributed by atoms with E-state index >= 15 is 0 Å². The highest BCUT2D eigenvalue weighted by Crippen LogP contribution is 2.42. The summed E-state index contributed by atoms with van der Waals surface area (Å²) < 4.78 is 36.5. The molecule has 1 aliphatic heterocycles. The number of piperazine rings is 1. The van der Waals surface area contributed by atoms with Crippen LogP contribution in [-0.2, 0) is 10.0 Å². The number of hydrogen-bond donors (Lipinski definition) is 1. The van der Waals surface area contributed by atoms with Crippen LogP contribution in [0.25, 0.3) is 10.9 Å². The third kappa shape index (κ3) is 5.04. The lowest BCUT2D eigenvalue weighted by Crippen LogP contribution is -2.47. The second-order valence-corrected chi connectivity index (χ2v) is 11.1. The quantitative estimate of drug-likeness (QED) is 0.504. The van der Waals surface area contributed by atoms with Crippen LogP contribution in [0.15, 0.2) is 30.3 Å². The summed E-state index contributed by atoms with van der Waals surface area (Å²) in [6.07, 6.45) is 3.36. The number of anilines is 3. The number of sulfonamides is 1. The van der Waals surface area contributed by atoms with E-state index in [0.717, 1.165) is 73.5 Å². The van der Waals surface area contributed by atoms with Crippen molar-refractivity contribution in [1.29, 1.82) is 0 Å². The SMILES string of the molecule is COc1cc2nc(C3CC3)nc(N3CCN(c4ccc(NS(C)(=O)=O)cc4Cl)CC3)c2cc1OC. The highest BCUT2D eigenvalue weighted by Gasteiger charge is 2.30. The molecule has 1 saturated carbocycles. The lowest BCUT2D eigenvalue weighted by Gasteiger charge is -2.37. The van der Waals surface area contributed by atoms with Crippen molar-refractivity contribution in [2.45, 2.75) is 18.8 Å². The average Bonchev–Trinajstić information content (AvgIpc) is 3.67. The first kappa shape index (κ1) is 23.7. The number of fused-ring (bicyclic) bond motifs is 1. The first-order valence-corrected chi connectivity index (χ1v) is 13.7. The van der Waals surface area contributed by atoms with Crippen molar-refractivity contribution < 1.29 is 17.9 Å². The van der Waals surface area contributed by atoms with E-state index in [9.17, 15) is 8.42 Å². The topological polar surface area (TPSA) is 96.9 Å². The molecule has 1 aliphatic carbocycles. The fourth-order valence-corrected chi connectivity index (χ4v) is 5.28. The van der Waals surface area contributed by atoms with E-state index in [-0.39, 0.29) is 0 Å². The monoisotopic (exact) mass is 517 g/mol. The number of benzene rings is 2. The smallest absolute Gasteiger partial charge is 0.229 e. The van der Waals surface area contributed by atoms with E-state index in [1.165, 1.54) is 0 Å². The third-order valence-electron chi connectivity index (χ3n) is 6.31. The molecule has 0 radical (unpaired) electrons. The Hall–Kier alpha value is -2.98. The Morgan fingerprint density at radius 2 is 1.63 bits per heavy atom. The minimum absolute atomic E-state index is 0.422. The third-order valence-corrected chi connectivity index (χ3v) is 7.22. The average molecular weight is 518 g/mol. The Morgan fingerprint density at radius 1 is 0.971 bits per heavy atom. The van der Waals surface area contributed by atoms with Crippen molar-refractivity contribution in [2.24, 2.45) is 0 Å². The van der Waals surface area contributed by atoms with Crippen molar-refractivity contribution in [3.63, 3.8) is 0 Å². The second-order valence-electron chi connectivity index (χ2n) is 8.92. The van der Waals surface area contributed by atoms with Crippen molar-refractivity contribution in [1.82, 2.24) is 9.97 Å². The molecule has 0 atom stereocenters. The van der Waals surface area contributed by atoms with Gasteiger partial charge in [0, 0.05) is 43.5 Å². The maximum absolute atomic E-state index is 11.5. The second kappa shape index (κ2) is 9.23. The van der Waals surface area contributed by atoms with E-state index in [1.807, 2.05) is 18.2 Å². The van der Waals surface area contributed by atoms with Crippen molar-refractivity contribution in [2.75, 3.05) is 61.2 Å². The number of ether oxygens (including phenoxy) is 2. The van der Waals surface area contributed by atoms with Gasteiger partial charge in [-0.25, -0.2) is 18.4 Å². The van der Waals surface area contributed by atoms with Gasteiger partial charge in [-0.3, -0.25) is 4.72 Å². The predicted octanol–water partition coefficient (Wildman–Crippen LogP) is 3.88. The molecule has 1 aromatic heterocycles. The van der Waals surface area contributed by atoms with Gasteiger partial charge in [-0.1, -0.05) is 11.6 Å². The van der Waals surface area contributed by atoms with Gasteiger partial charge in [0.2, 0.25) is 10.0 Å². The molecule has 1 N–H and O–H groups in total. The van der Waals surface area contributed by atoms with E-state index in [2.05, 4.69) is 14.5 Å². The van der Waals surface area contributed by atoms with Gasteiger partial charge in [0.05, 0.1) is 42.4 Å². The van der Waals surface area contributed by atoms with Gasteiger partial charge >= 0.3 is 0 Å². The molecule has 2 heterocycles. The number of halogens is 1.